The zero-order chi connectivity index (χ0) is 13.9. The molecule has 0 aromatic heterocycles. The highest BCUT2D eigenvalue weighted by atomic mass is 79.9. The van der Waals surface area contributed by atoms with E-state index in [1.807, 2.05) is 0 Å². The molecule has 1 rings (SSSR count). The smallest absolute Gasteiger partial charge is 0.241 e. The SMILES string of the molecule is CC(O)CC(C)NS(=O)(=O)c1ccc(Br)cc1Br. The molecule has 0 aliphatic rings. The molecule has 0 aliphatic carbocycles. The molecule has 0 bridgehead atoms. The Bertz CT molecular complexity index is 517. The number of hydrogen-bond acceptors (Lipinski definition) is 3. The van der Waals surface area contributed by atoms with E-state index in [1.165, 1.54) is 6.07 Å². The average Bonchev–Trinajstić information content (AvgIpc) is 2.13. The molecule has 0 heterocycles. The van der Waals surface area contributed by atoms with Gasteiger partial charge in [0.1, 0.15) is 0 Å². The lowest BCUT2D eigenvalue weighted by molar-refractivity contribution is 0.175. The standard InChI is InChI=1S/C11H15Br2NO3S/c1-7(5-8(2)15)14-18(16,17)11-4-3-9(12)6-10(11)13/h3-4,6-8,14-15H,5H2,1-2H3. The van der Waals surface area contributed by atoms with Crippen molar-refractivity contribution in [1.82, 2.24) is 4.72 Å². The molecule has 0 amide bonds. The van der Waals surface area contributed by atoms with Gasteiger partial charge in [-0.1, -0.05) is 15.9 Å². The van der Waals surface area contributed by atoms with Crippen LogP contribution in [0.15, 0.2) is 32.0 Å². The van der Waals surface area contributed by atoms with E-state index in [-0.39, 0.29) is 10.9 Å². The van der Waals surface area contributed by atoms with Gasteiger partial charge < -0.3 is 5.11 Å². The number of halogens is 2. The van der Waals surface area contributed by atoms with Gasteiger partial charge in [-0.2, -0.15) is 0 Å². The number of nitrogens with one attached hydrogen (secondary N) is 1. The Morgan fingerprint density at radius 3 is 2.44 bits per heavy atom. The van der Waals surface area contributed by atoms with Gasteiger partial charge in [0.15, 0.2) is 0 Å². The van der Waals surface area contributed by atoms with Crippen molar-refractivity contribution in [2.75, 3.05) is 0 Å². The molecule has 1 aromatic rings. The third kappa shape index (κ3) is 4.62. The number of rotatable bonds is 5. The van der Waals surface area contributed by atoms with Crippen LogP contribution in [0.2, 0.25) is 0 Å². The van der Waals surface area contributed by atoms with Gasteiger partial charge >= 0.3 is 0 Å². The van der Waals surface area contributed by atoms with E-state index in [2.05, 4.69) is 36.6 Å². The largest absolute Gasteiger partial charge is 0.393 e. The summed E-state index contributed by atoms with van der Waals surface area (Å²) >= 11 is 6.49. The Kier molecular flexibility index (Phi) is 5.79. The Balaban J connectivity index is 2.93. The Morgan fingerprint density at radius 1 is 1.33 bits per heavy atom. The van der Waals surface area contributed by atoms with Crippen LogP contribution in [-0.2, 0) is 10.0 Å². The number of aliphatic hydroxyl groups is 1. The Labute approximate surface area is 124 Å². The van der Waals surface area contributed by atoms with Crippen molar-refractivity contribution in [1.29, 1.82) is 0 Å². The quantitative estimate of drug-likeness (QED) is 0.798. The second-order valence-corrected chi connectivity index (χ2v) is 7.63. The maximum atomic E-state index is 12.1. The van der Waals surface area contributed by atoms with Gasteiger partial charge in [0.05, 0.1) is 11.0 Å². The van der Waals surface area contributed by atoms with Crippen LogP contribution < -0.4 is 4.72 Å². The van der Waals surface area contributed by atoms with Crippen LogP contribution in [0.5, 0.6) is 0 Å². The van der Waals surface area contributed by atoms with Crippen LogP contribution in [0.1, 0.15) is 20.3 Å². The molecule has 18 heavy (non-hydrogen) atoms. The van der Waals surface area contributed by atoms with E-state index in [9.17, 15) is 13.5 Å². The van der Waals surface area contributed by atoms with Crippen LogP contribution in [0.3, 0.4) is 0 Å². The molecule has 0 saturated carbocycles. The molecule has 4 nitrogen and oxygen atoms in total. The first-order chi connectivity index (χ1) is 8.22. The molecule has 0 fully saturated rings. The van der Waals surface area contributed by atoms with Crippen LogP contribution in [0.25, 0.3) is 0 Å². The normalized spacial score (nSPS) is 15.4. The fourth-order valence-corrected chi connectivity index (χ4v) is 4.58. The van der Waals surface area contributed by atoms with E-state index in [0.29, 0.717) is 10.9 Å². The molecule has 102 valence electrons. The summed E-state index contributed by atoms with van der Waals surface area (Å²) in [6, 6.07) is 4.53. The second-order valence-electron chi connectivity index (χ2n) is 4.18. The predicted molar refractivity (Wildman–Crippen MR) is 77.9 cm³/mol. The molecular weight excluding hydrogens is 386 g/mol. The first kappa shape index (κ1) is 16.1. The van der Waals surface area contributed by atoms with Crippen molar-refractivity contribution in [3.05, 3.63) is 27.1 Å². The minimum atomic E-state index is -3.58. The van der Waals surface area contributed by atoms with Crippen LogP contribution in [-0.4, -0.2) is 25.7 Å². The molecule has 0 aliphatic heterocycles. The molecule has 2 atom stereocenters. The van der Waals surface area contributed by atoms with Gasteiger partial charge in [0.2, 0.25) is 10.0 Å². The van der Waals surface area contributed by atoms with Crippen molar-refractivity contribution < 1.29 is 13.5 Å². The fourth-order valence-electron chi connectivity index (χ4n) is 1.58. The molecule has 7 heteroatoms. The van der Waals surface area contributed by atoms with Gasteiger partial charge in [-0.3, -0.25) is 0 Å². The number of hydrogen-bond donors (Lipinski definition) is 2. The van der Waals surface area contributed by atoms with Gasteiger partial charge in [0.25, 0.3) is 0 Å². The highest BCUT2D eigenvalue weighted by molar-refractivity contribution is 9.11. The van der Waals surface area contributed by atoms with Gasteiger partial charge in [-0.25, -0.2) is 13.1 Å². The maximum absolute atomic E-state index is 12.1. The topological polar surface area (TPSA) is 66.4 Å². The first-order valence-electron chi connectivity index (χ1n) is 5.38. The lowest BCUT2D eigenvalue weighted by Crippen LogP contribution is -2.34. The van der Waals surface area contributed by atoms with Gasteiger partial charge in [0, 0.05) is 15.0 Å². The van der Waals surface area contributed by atoms with Gasteiger partial charge in [-0.15, -0.1) is 0 Å². The Hall–Kier alpha value is 0.0500. The minimum Gasteiger partial charge on any atom is -0.393 e. The zero-order valence-electron chi connectivity index (χ0n) is 10.0. The number of aliphatic hydroxyl groups excluding tert-OH is 1. The molecule has 0 spiro atoms. The van der Waals surface area contributed by atoms with Crippen molar-refractivity contribution >= 4 is 41.9 Å². The lowest BCUT2D eigenvalue weighted by atomic mass is 10.2. The summed E-state index contributed by atoms with van der Waals surface area (Å²) in [6.45, 7) is 3.34. The summed E-state index contributed by atoms with van der Waals surface area (Å²) in [7, 11) is -3.58. The summed E-state index contributed by atoms with van der Waals surface area (Å²) in [6.07, 6.45) is -0.177. The third-order valence-corrected chi connectivity index (χ3v) is 5.29. The van der Waals surface area contributed by atoms with Crippen LogP contribution in [0.4, 0.5) is 0 Å². The zero-order valence-corrected chi connectivity index (χ0v) is 14.0. The van der Waals surface area contributed by atoms with Crippen molar-refractivity contribution in [2.45, 2.75) is 37.3 Å². The van der Waals surface area contributed by atoms with E-state index in [4.69, 9.17) is 0 Å². The van der Waals surface area contributed by atoms with E-state index >= 15 is 0 Å². The lowest BCUT2D eigenvalue weighted by Gasteiger charge is -2.16. The molecule has 0 radical (unpaired) electrons. The monoisotopic (exact) mass is 399 g/mol. The highest BCUT2D eigenvalue weighted by Gasteiger charge is 2.20. The summed E-state index contributed by atoms with van der Waals surface area (Å²) < 4.78 is 28.1. The van der Waals surface area contributed by atoms with Gasteiger partial charge in [-0.05, 0) is 54.4 Å². The summed E-state index contributed by atoms with van der Waals surface area (Å²) in [5, 5.41) is 9.23. The first-order valence-corrected chi connectivity index (χ1v) is 8.44. The second kappa shape index (κ2) is 6.47. The number of benzene rings is 1. The van der Waals surface area contributed by atoms with E-state index in [0.717, 1.165) is 4.47 Å². The van der Waals surface area contributed by atoms with E-state index in [1.54, 1.807) is 26.0 Å². The predicted octanol–water partition coefficient (Wildman–Crippen LogP) is 2.65. The molecular formula is C11H15Br2NO3S. The maximum Gasteiger partial charge on any atom is 0.241 e. The molecule has 2 unspecified atom stereocenters. The van der Waals surface area contributed by atoms with Crippen molar-refractivity contribution in [3.8, 4) is 0 Å². The van der Waals surface area contributed by atoms with Crippen molar-refractivity contribution in [2.24, 2.45) is 0 Å². The molecule has 1 aromatic carbocycles. The summed E-state index contributed by atoms with van der Waals surface area (Å²) in [5.74, 6) is 0. The van der Waals surface area contributed by atoms with Crippen molar-refractivity contribution in [3.63, 3.8) is 0 Å². The molecule has 0 saturated heterocycles. The highest BCUT2D eigenvalue weighted by Crippen LogP contribution is 2.25. The number of sulfonamides is 1. The van der Waals surface area contributed by atoms with Crippen LogP contribution >= 0.6 is 31.9 Å². The minimum absolute atomic E-state index is 0.183. The van der Waals surface area contributed by atoms with E-state index < -0.39 is 16.1 Å². The summed E-state index contributed by atoms with van der Waals surface area (Å²) in [5.41, 5.74) is 0. The van der Waals surface area contributed by atoms with Crippen LogP contribution in [0, 0.1) is 0 Å². The Morgan fingerprint density at radius 2 is 1.94 bits per heavy atom. The fraction of sp³-hybridized carbons (Fsp3) is 0.455. The third-order valence-electron chi connectivity index (χ3n) is 2.23. The average molecular weight is 401 g/mol. The summed E-state index contributed by atoms with van der Waals surface area (Å²) in [4.78, 5) is 0.183. The molecule has 2 N–H and O–H groups in total.